The summed E-state index contributed by atoms with van der Waals surface area (Å²) in [5.41, 5.74) is 3.09. The number of ether oxygens (including phenoxy) is 2. The van der Waals surface area contributed by atoms with E-state index in [2.05, 4.69) is 12.1 Å². The van der Waals surface area contributed by atoms with Gasteiger partial charge in [0, 0.05) is 13.1 Å². The first-order valence-corrected chi connectivity index (χ1v) is 11.0. The van der Waals surface area contributed by atoms with Crippen molar-refractivity contribution in [1.82, 2.24) is 4.31 Å². The van der Waals surface area contributed by atoms with E-state index < -0.39 is 10.0 Å². The van der Waals surface area contributed by atoms with Crippen LogP contribution in [0.5, 0.6) is 5.75 Å². The molecule has 1 aliphatic heterocycles. The molecule has 1 aliphatic rings. The highest BCUT2D eigenvalue weighted by Gasteiger charge is 2.26. The van der Waals surface area contributed by atoms with Gasteiger partial charge in [0.15, 0.2) is 0 Å². The molecule has 0 unspecified atom stereocenters. The minimum absolute atomic E-state index is 0.292. The lowest BCUT2D eigenvalue weighted by Crippen LogP contribution is -2.40. The highest BCUT2D eigenvalue weighted by molar-refractivity contribution is 7.89. The molecule has 6 heteroatoms. The SMILES string of the molecule is O=S(=O)(c1cccc(COc2ccc(-c3ccccc3)cc2)c1)N1CCOCC1. The van der Waals surface area contributed by atoms with Crippen molar-refractivity contribution in [3.63, 3.8) is 0 Å². The fraction of sp³-hybridized carbons (Fsp3) is 0.217. The lowest BCUT2D eigenvalue weighted by atomic mass is 10.1. The molecular weight excluding hydrogens is 386 g/mol. The Balaban J connectivity index is 1.43. The van der Waals surface area contributed by atoms with Crippen LogP contribution >= 0.6 is 0 Å². The van der Waals surface area contributed by atoms with E-state index >= 15 is 0 Å². The average molecular weight is 410 g/mol. The first-order valence-electron chi connectivity index (χ1n) is 9.58. The Labute approximate surface area is 171 Å². The Bertz CT molecular complexity index is 1040. The van der Waals surface area contributed by atoms with E-state index in [0.717, 1.165) is 22.4 Å². The van der Waals surface area contributed by atoms with E-state index in [4.69, 9.17) is 9.47 Å². The molecule has 0 N–H and O–H groups in total. The van der Waals surface area contributed by atoms with Gasteiger partial charge in [-0.05, 0) is 41.0 Å². The Hall–Kier alpha value is -2.67. The number of sulfonamides is 1. The third-order valence-electron chi connectivity index (χ3n) is 4.87. The second kappa shape index (κ2) is 8.78. The number of hydrogen-bond acceptors (Lipinski definition) is 4. The zero-order valence-electron chi connectivity index (χ0n) is 16.0. The van der Waals surface area contributed by atoms with Crippen molar-refractivity contribution in [3.05, 3.63) is 84.4 Å². The Kier molecular flexibility index (Phi) is 5.94. The van der Waals surface area contributed by atoms with E-state index in [-0.39, 0.29) is 0 Å². The van der Waals surface area contributed by atoms with Gasteiger partial charge in [0.1, 0.15) is 12.4 Å². The normalized spacial score (nSPS) is 15.2. The second-order valence-corrected chi connectivity index (χ2v) is 8.78. The molecular formula is C23H23NO4S. The average Bonchev–Trinajstić information content (AvgIpc) is 2.79. The zero-order valence-corrected chi connectivity index (χ0v) is 16.8. The molecule has 1 saturated heterocycles. The van der Waals surface area contributed by atoms with Gasteiger partial charge in [-0.1, -0.05) is 54.6 Å². The van der Waals surface area contributed by atoms with Crippen molar-refractivity contribution in [2.24, 2.45) is 0 Å². The van der Waals surface area contributed by atoms with Crippen LogP contribution in [0.4, 0.5) is 0 Å². The summed E-state index contributed by atoms with van der Waals surface area (Å²) in [5, 5.41) is 0. The molecule has 0 saturated carbocycles. The molecule has 4 rings (SSSR count). The highest BCUT2D eigenvalue weighted by Crippen LogP contribution is 2.23. The van der Waals surface area contributed by atoms with Crippen molar-refractivity contribution < 1.29 is 17.9 Å². The smallest absolute Gasteiger partial charge is 0.243 e. The first kappa shape index (κ1) is 19.6. The fourth-order valence-corrected chi connectivity index (χ4v) is 4.75. The molecule has 0 aromatic heterocycles. The Morgan fingerprint density at radius 3 is 2.24 bits per heavy atom. The molecule has 0 radical (unpaired) electrons. The Morgan fingerprint density at radius 1 is 0.828 bits per heavy atom. The van der Waals surface area contributed by atoms with Gasteiger partial charge in [0.05, 0.1) is 18.1 Å². The standard InChI is InChI=1S/C23H23NO4S/c25-29(26,24-13-15-27-16-14-24)23-8-4-5-19(17-23)18-28-22-11-9-21(10-12-22)20-6-2-1-3-7-20/h1-12,17H,13-16,18H2. The summed E-state index contributed by atoms with van der Waals surface area (Å²) in [6.45, 7) is 1.94. The molecule has 0 spiro atoms. The number of morpholine rings is 1. The second-order valence-electron chi connectivity index (χ2n) is 6.84. The van der Waals surface area contributed by atoms with Crippen LogP contribution in [0.25, 0.3) is 11.1 Å². The summed E-state index contributed by atoms with van der Waals surface area (Å²) in [4.78, 5) is 0.292. The summed E-state index contributed by atoms with van der Waals surface area (Å²) in [5.74, 6) is 0.742. The molecule has 0 amide bonds. The predicted octanol–water partition coefficient (Wildman–Crippen LogP) is 3.95. The molecule has 3 aromatic carbocycles. The predicted molar refractivity (Wildman–Crippen MR) is 112 cm³/mol. The topological polar surface area (TPSA) is 55.8 Å². The maximum absolute atomic E-state index is 12.8. The molecule has 0 atom stereocenters. The van der Waals surface area contributed by atoms with Gasteiger partial charge in [-0.25, -0.2) is 8.42 Å². The number of nitrogens with zero attached hydrogens (tertiary/aromatic N) is 1. The van der Waals surface area contributed by atoms with Crippen LogP contribution in [-0.2, 0) is 21.4 Å². The van der Waals surface area contributed by atoms with Gasteiger partial charge in [-0.3, -0.25) is 0 Å². The molecule has 150 valence electrons. The zero-order chi connectivity index (χ0) is 20.1. The third kappa shape index (κ3) is 4.67. The van der Waals surface area contributed by atoms with Crippen LogP contribution in [0, 0.1) is 0 Å². The van der Waals surface area contributed by atoms with E-state index in [1.165, 1.54) is 4.31 Å². The van der Waals surface area contributed by atoms with Crippen molar-refractivity contribution in [2.75, 3.05) is 26.3 Å². The van der Waals surface area contributed by atoms with Crippen LogP contribution in [0.3, 0.4) is 0 Å². The summed E-state index contributed by atoms with van der Waals surface area (Å²) in [6.07, 6.45) is 0. The molecule has 1 fully saturated rings. The quantitative estimate of drug-likeness (QED) is 0.619. The van der Waals surface area contributed by atoms with Crippen LogP contribution in [0.2, 0.25) is 0 Å². The fourth-order valence-electron chi connectivity index (χ4n) is 3.27. The van der Waals surface area contributed by atoms with E-state index in [1.54, 1.807) is 18.2 Å². The van der Waals surface area contributed by atoms with Crippen molar-refractivity contribution >= 4 is 10.0 Å². The van der Waals surface area contributed by atoms with E-state index in [1.807, 2.05) is 48.5 Å². The van der Waals surface area contributed by atoms with Gasteiger partial charge in [-0.15, -0.1) is 0 Å². The minimum Gasteiger partial charge on any atom is -0.489 e. The van der Waals surface area contributed by atoms with Crippen LogP contribution < -0.4 is 4.74 Å². The molecule has 0 aliphatic carbocycles. The number of hydrogen-bond donors (Lipinski definition) is 0. The minimum atomic E-state index is -3.51. The van der Waals surface area contributed by atoms with Gasteiger partial charge >= 0.3 is 0 Å². The summed E-state index contributed by atoms with van der Waals surface area (Å²) < 4.78 is 38.2. The maximum Gasteiger partial charge on any atom is 0.243 e. The lowest BCUT2D eigenvalue weighted by molar-refractivity contribution is 0.0730. The van der Waals surface area contributed by atoms with Gasteiger partial charge in [0.25, 0.3) is 0 Å². The third-order valence-corrected chi connectivity index (χ3v) is 6.77. The molecule has 5 nitrogen and oxygen atoms in total. The van der Waals surface area contributed by atoms with Crippen molar-refractivity contribution in [2.45, 2.75) is 11.5 Å². The summed E-state index contributed by atoms with van der Waals surface area (Å²) >= 11 is 0. The van der Waals surface area contributed by atoms with Gasteiger partial charge in [0.2, 0.25) is 10.0 Å². The number of rotatable bonds is 6. The molecule has 29 heavy (non-hydrogen) atoms. The van der Waals surface area contributed by atoms with E-state index in [0.29, 0.717) is 37.8 Å². The maximum atomic E-state index is 12.8. The summed E-state index contributed by atoms with van der Waals surface area (Å²) in [6, 6.07) is 25.0. The number of benzene rings is 3. The van der Waals surface area contributed by atoms with E-state index in [9.17, 15) is 8.42 Å². The Morgan fingerprint density at radius 2 is 1.52 bits per heavy atom. The molecule has 1 heterocycles. The molecule has 3 aromatic rings. The van der Waals surface area contributed by atoms with Crippen LogP contribution in [0.15, 0.2) is 83.8 Å². The van der Waals surface area contributed by atoms with Gasteiger partial charge in [-0.2, -0.15) is 4.31 Å². The van der Waals surface area contributed by atoms with Crippen molar-refractivity contribution in [3.8, 4) is 16.9 Å². The monoisotopic (exact) mass is 409 g/mol. The van der Waals surface area contributed by atoms with Crippen LogP contribution in [0.1, 0.15) is 5.56 Å². The van der Waals surface area contributed by atoms with Crippen LogP contribution in [-0.4, -0.2) is 39.0 Å². The van der Waals surface area contributed by atoms with Crippen molar-refractivity contribution in [1.29, 1.82) is 0 Å². The first-order chi connectivity index (χ1) is 14.1. The summed E-state index contributed by atoms with van der Waals surface area (Å²) in [7, 11) is -3.51. The lowest BCUT2D eigenvalue weighted by Gasteiger charge is -2.26. The largest absolute Gasteiger partial charge is 0.489 e. The van der Waals surface area contributed by atoms with Gasteiger partial charge < -0.3 is 9.47 Å². The molecule has 0 bridgehead atoms. The highest BCUT2D eigenvalue weighted by atomic mass is 32.2.